The number of rotatable bonds is 5. The quantitative estimate of drug-likeness (QED) is 0.746. The summed E-state index contributed by atoms with van der Waals surface area (Å²) in [5.41, 5.74) is 1.79. The number of hydrogen-bond acceptors (Lipinski definition) is 4. The first-order valence-corrected chi connectivity index (χ1v) is 8.43. The average Bonchev–Trinajstić information content (AvgIpc) is 2.63. The van der Waals surface area contributed by atoms with Crippen molar-refractivity contribution in [1.29, 1.82) is 0 Å². The molecule has 1 aromatic carbocycles. The fourth-order valence-corrected chi connectivity index (χ4v) is 3.02. The van der Waals surface area contributed by atoms with Crippen LogP contribution >= 0.6 is 0 Å². The number of cyclic esters (lactones) is 1. The molecular weight excluding hydrogens is 359 g/mol. The summed E-state index contributed by atoms with van der Waals surface area (Å²) < 4.78 is 47.9. The Balaban J connectivity index is 1.95. The minimum Gasteiger partial charge on any atom is -0.449 e. The van der Waals surface area contributed by atoms with Gasteiger partial charge in [0.15, 0.2) is 11.6 Å². The summed E-state index contributed by atoms with van der Waals surface area (Å²) in [6, 6.07) is 5.50. The van der Waals surface area contributed by atoms with Gasteiger partial charge in [0.05, 0.1) is 6.61 Å². The van der Waals surface area contributed by atoms with Gasteiger partial charge in [-0.2, -0.15) is 8.78 Å². The molecule has 1 saturated heterocycles. The highest BCUT2D eigenvalue weighted by Crippen LogP contribution is 2.31. The molecule has 0 N–H and O–H groups in total. The third-order valence-corrected chi connectivity index (χ3v) is 4.57. The van der Waals surface area contributed by atoms with Crippen LogP contribution in [0.15, 0.2) is 36.7 Å². The lowest BCUT2D eigenvalue weighted by molar-refractivity contribution is -0.0521. The molecule has 0 spiro atoms. The van der Waals surface area contributed by atoms with E-state index in [4.69, 9.17) is 4.74 Å². The highest BCUT2D eigenvalue weighted by Gasteiger charge is 2.35. The highest BCUT2D eigenvalue weighted by atomic mass is 19.3. The molecule has 1 aliphatic heterocycles. The zero-order chi connectivity index (χ0) is 19.6. The van der Waals surface area contributed by atoms with Crippen LogP contribution in [0.2, 0.25) is 0 Å². The van der Waals surface area contributed by atoms with Crippen LogP contribution in [-0.2, 0) is 10.1 Å². The summed E-state index contributed by atoms with van der Waals surface area (Å²) in [6.45, 7) is -2.17. The van der Waals surface area contributed by atoms with E-state index in [1.807, 2.05) is 15.7 Å². The van der Waals surface area contributed by atoms with E-state index in [1.165, 1.54) is 18.3 Å². The van der Waals surface area contributed by atoms with Crippen molar-refractivity contribution in [2.24, 2.45) is 0 Å². The lowest BCUT2D eigenvalue weighted by Crippen LogP contribution is -2.53. The van der Waals surface area contributed by atoms with Crippen molar-refractivity contribution in [3.05, 3.63) is 48.0 Å². The monoisotopic (exact) mass is 376 g/mol. The van der Waals surface area contributed by atoms with E-state index >= 15 is 0 Å². The number of hydrogen-bond donors (Lipinski definition) is 0. The van der Waals surface area contributed by atoms with E-state index in [2.05, 4.69) is 9.72 Å². The van der Waals surface area contributed by atoms with Gasteiger partial charge in [-0.25, -0.2) is 9.18 Å². The van der Waals surface area contributed by atoms with Crippen LogP contribution in [0.4, 0.5) is 18.0 Å². The van der Waals surface area contributed by atoms with Crippen molar-refractivity contribution in [1.82, 2.24) is 9.88 Å². The fourth-order valence-electron chi connectivity index (χ4n) is 3.02. The minimum absolute atomic E-state index is 0.395. The smallest absolute Gasteiger partial charge is 0.409 e. The van der Waals surface area contributed by atoms with Crippen LogP contribution in [0.5, 0.6) is 5.75 Å². The molecule has 0 bridgehead atoms. The molecule has 1 aliphatic rings. The molecule has 0 atom stereocenters. The molecule has 27 heavy (non-hydrogen) atoms. The second kappa shape index (κ2) is 7.54. The highest BCUT2D eigenvalue weighted by molar-refractivity contribution is 6.40. The molecule has 2 heterocycles. The first-order chi connectivity index (χ1) is 12.8. The SMILES string of the molecule is BC(B)(c1cncc(-c2ccc(F)c(OC(F)F)c2)c1)N1CCCOC1=O. The minimum atomic E-state index is -3.12. The summed E-state index contributed by atoms with van der Waals surface area (Å²) in [7, 11) is 3.74. The zero-order valence-corrected chi connectivity index (χ0v) is 14.9. The summed E-state index contributed by atoms with van der Waals surface area (Å²) >= 11 is 0. The number of pyridine rings is 1. The molecule has 3 rings (SSSR count). The Morgan fingerprint density at radius 2 is 2.00 bits per heavy atom. The molecule has 0 unspecified atom stereocenters. The number of halogens is 3. The van der Waals surface area contributed by atoms with Crippen LogP contribution in [0, 0.1) is 5.82 Å². The molecule has 0 radical (unpaired) electrons. The number of carbonyl (C=O) groups is 1. The lowest BCUT2D eigenvalue weighted by atomic mass is 9.57. The predicted octanol–water partition coefficient (Wildman–Crippen LogP) is 1.71. The zero-order valence-electron chi connectivity index (χ0n) is 14.9. The molecule has 140 valence electrons. The first kappa shape index (κ1) is 19.1. The third-order valence-electron chi connectivity index (χ3n) is 4.57. The van der Waals surface area contributed by atoms with Crippen LogP contribution in [-0.4, -0.2) is 51.4 Å². The van der Waals surface area contributed by atoms with Crippen LogP contribution in [0.1, 0.15) is 12.0 Å². The van der Waals surface area contributed by atoms with E-state index < -0.39 is 29.6 Å². The Morgan fingerprint density at radius 3 is 2.70 bits per heavy atom. The maximum absolute atomic E-state index is 13.7. The van der Waals surface area contributed by atoms with E-state index in [0.717, 1.165) is 18.1 Å². The van der Waals surface area contributed by atoms with E-state index in [0.29, 0.717) is 24.3 Å². The Labute approximate surface area is 156 Å². The van der Waals surface area contributed by atoms with E-state index in [-0.39, 0.29) is 0 Å². The number of amides is 1. The van der Waals surface area contributed by atoms with Crippen molar-refractivity contribution in [2.75, 3.05) is 13.2 Å². The Kier molecular flexibility index (Phi) is 5.34. The number of benzene rings is 1. The Hall–Kier alpha value is -2.64. The van der Waals surface area contributed by atoms with Gasteiger partial charge in [0.25, 0.3) is 0 Å². The molecule has 1 amide bonds. The summed E-state index contributed by atoms with van der Waals surface area (Å²) in [5.74, 6) is -1.41. The normalized spacial score (nSPS) is 15.0. The maximum atomic E-state index is 13.7. The molecule has 10 heteroatoms. The summed E-state index contributed by atoms with van der Waals surface area (Å²) in [5, 5.41) is -0.692. The van der Waals surface area contributed by atoms with Gasteiger partial charge >= 0.3 is 12.7 Å². The largest absolute Gasteiger partial charge is 0.449 e. The first-order valence-electron chi connectivity index (χ1n) is 8.43. The van der Waals surface area contributed by atoms with Crippen LogP contribution in [0.3, 0.4) is 0 Å². The molecule has 1 fully saturated rings. The van der Waals surface area contributed by atoms with Crippen molar-refractivity contribution < 1.29 is 27.4 Å². The maximum Gasteiger partial charge on any atom is 0.409 e. The number of aromatic nitrogens is 1. The van der Waals surface area contributed by atoms with Crippen molar-refractivity contribution in [2.45, 2.75) is 18.4 Å². The van der Waals surface area contributed by atoms with Gasteiger partial charge in [-0.15, -0.1) is 0 Å². The Morgan fingerprint density at radius 1 is 1.22 bits per heavy atom. The van der Waals surface area contributed by atoms with Gasteiger partial charge in [-0.05, 0) is 35.7 Å². The van der Waals surface area contributed by atoms with Gasteiger partial charge in [0, 0.05) is 29.8 Å². The molecule has 2 aromatic rings. The second-order valence-corrected chi connectivity index (χ2v) is 6.66. The molecule has 1 aromatic heterocycles. The summed E-state index contributed by atoms with van der Waals surface area (Å²) in [6.07, 6.45) is 3.50. The average molecular weight is 376 g/mol. The van der Waals surface area contributed by atoms with Crippen LogP contribution in [0.25, 0.3) is 11.1 Å². The molecule has 0 aliphatic carbocycles. The third kappa shape index (κ3) is 4.04. The number of nitrogens with zero attached hydrogens (tertiary/aromatic N) is 2. The van der Waals surface area contributed by atoms with Crippen LogP contribution < -0.4 is 4.74 Å². The van der Waals surface area contributed by atoms with E-state index in [9.17, 15) is 18.0 Å². The van der Waals surface area contributed by atoms with Gasteiger partial charge in [0.1, 0.15) is 15.7 Å². The van der Waals surface area contributed by atoms with Crippen molar-refractivity contribution >= 4 is 21.8 Å². The topological polar surface area (TPSA) is 51.7 Å². The summed E-state index contributed by atoms with van der Waals surface area (Å²) in [4.78, 5) is 17.9. The van der Waals surface area contributed by atoms with Crippen molar-refractivity contribution in [3.63, 3.8) is 0 Å². The van der Waals surface area contributed by atoms with Gasteiger partial charge in [-0.3, -0.25) is 4.98 Å². The van der Waals surface area contributed by atoms with Crippen molar-refractivity contribution in [3.8, 4) is 16.9 Å². The van der Waals surface area contributed by atoms with E-state index in [1.54, 1.807) is 17.2 Å². The second-order valence-electron chi connectivity index (χ2n) is 6.66. The predicted molar refractivity (Wildman–Crippen MR) is 97.7 cm³/mol. The van der Waals surface area contributed by atoms with Gasteiger partial charge < -0.3 is 14.4 Å². The standard InChI is InChI=1S/C17H17B2F3N2O3/c18-17(19,24-4-1-5-26-16(24)25)12-6-11(8-23-9-12)10-2-3-13(20)14(7-10)27-15(21)22/h2-3,6-9,15H,1,4-5,18-19H2. The number of alkyl halides is 2. The molecule has 0 saturated carbocycles. The lowest BCUT2D eigenvalue weighted by Gasteiger charge is -2.40. The molecule has 5 nitrogen and oxygen atoms in total. The Bertz CT molecular complexity index is 852. The molecular formula is C17H17B2F3N2O3. The number of carbonyl (C=O) groups excluding carboxylic acids is 1. The fraction of sp³-hybridized carbons (Fsp3) is 0.294. The number of ether oxygens (including phenoxy) is 2. The van der Waals surface area contributed by atoms with Gasteiger partial charge in [-0.1, -0.05) is 6.07 Å². The van der Waals surface area contributed by atoms with Gasteiger partial charge in [0.2, 0.25) is 0 Å².